The summed E-state index contributed by atoms with van der Waals surface area (Å²) in [5, 5.41) is 4.65. The second kappa shape index (κ2) is 9.01. The van der Waals surface area contributed by atoms with Gasteiger partial charge in [-0.25, -0.2) is 4.79 Å². The van der Waals surface area contributed by atoms with E-state index in [-0.39, 0.29) is 12.5 Å². The summed E-state index contributed by atoms with van der Waals surface area (Å²) >= 11 is 0. The maximum Gasteiger partial charge on any atom is 0.338 e. The minimum atomic E-state index is -0.582. The molecule has 0 aliphatic heterocycles. The first-order valence-electron chi connectivity index (χ1n) is 9.19. The van der Waals surface area contributed by atoms with Gasteiger partial charge < -0.3 is 15.0 Å². The molecule has 2 amide bonds. The number of carbonyl (C=O) groups is 3. The molecule has 0 atom stereocenters. The second-order valence-electron chi connectivity index (χ2n) is 6.80. The maximum absolute atomic E-state index is 12.2. The zero-order valence-corrected chi connectivity index (χ0v) is 16.3. The molecule has 3 aromatic rings. The Hall–Kier alpha value is -3.67. The maximum atomic E-state index is 12.2. The fourth-order valence-electron chi connectivity index (χ4n) is 2.78. The summed E-state index contributed by atoms with van der Waals surface area (Å²) in [6.45, 7) is 1.39. The number of hydrogen-bond acceptors (Lipinski definition) is 4. The molecule has 0 spiro atoms. The molecule has 0 unspecified atom stereocenters. The third kappa shape index (κ3) is 5.42. The summed E-state index contributed by atoms with van der Waals surface area (Å²) in [7, 11) is 1.49. The summed E-state index contributed by atoms with van der Waals surface area (Å²) in [5.41, 5.74) is 2.11. The van der Waals surface area contributed by atoms with E-state index in [4.69, 9.17) is 4.74 Å². The van der Waals surface area contributed by atoms with Crippen molar-refractivity contribution in [2.24, 2.45) is 0 Å². The van der Waals surface area contributed by atoms with Crippen molar-refractivity contribution in [1.29, 1.82) is 0 Å². The lowest BCUT2D eigenvalue weighted by atomic mass is 10.1. The Morgan fingerprint density at radius 2 is 1.62 bits per heavy atom. The normalized spacial score (nSPS) is 10.4. The molecule has 3 rings (SSSR count). The molecule has 0 fully saturated rings. The van der Waals surface area contributed by atoms with Gasteiger partial charge in [0.1, 0.15) is 0 Å². The number of hydrogen-bond donors (Lipinski definition) is 1. The summed E-state index contributed by atoms with van der Waals surface area (Å²) in [6, 6.07) is 20.2. The van der Waals surface area contributed by atoms with Gasteiger partial charge in [0, 0.05) is 12.7 Å². The molecule has 0 heterocycles. The van der Waals surface area contributed by atoms with Crippen molar-refractivity contribution in [3.05, 3.63) is 77.9 Å². The molecule has 29 heavy (non-hydrogen) atoms. The number of likely N-dealkylation sites (N-methyl/N-ethyl adjacent to an activating group) is 1. The predicted octanol–water partition coefficient (Wildman–Crippen LogP) is 3.40. The molecule has 0 aromatic heterocycles. The van der Waals surface area contributed by atoms with E-state index in [0.29, 0.717) is 11.3 Å². The minimum absolute atomic E-state index is 0.139. The van der Waals surface area contributed by atoms with Gasteiger partial charge in [-0.15, -0.1) is 0 Å². The number of fused-ring (bicyclic) bond motifs is 1. The topological polar surface area (TPSA) is 75.7 Å². The second-order valence-corrected chi connectivity index (χ2v) is 6.80. The number of aryl methyl sites for hydroxylation is 1. The molecule has 6 nitrogen and oxygen atoms in total. The quantitative estimate of drug-likeness (QED) is 0.655. The number of anilines is 1. The van der Waals surface area contributed by atoms with E-state index >= 15 is 0 Å². The standard InChI is InChI=1S/C23H22N2O4/c1-16-7-11-20(12-8-16)24-21(26)14-25(2)22(27)15-29-23(28)19-10-9-17-5-3-4-6-18(17)13-19/h3-13H,14-15H2,1-2H3,(H,24,26). The van der Waals surface area contributed by atoms with Crippen LogP contribution in [0, 0.1) is 6.92 Å². The Morgan fingerprint density at radius 3 is 2.34 bits per heavy atom. The largest absolute Gasteiger partial charge is 0.452 e. The summed E-state index contributed by atoms with van der Waals surface area (Å²) in [5.74, 6) is -1.37. The van der Waals surface area contributed by atoms with Crippen molar-refractivity contribution in [2.45, 2.75) is 6.92 Å². The van der Waals surface area contributed by atoms with E-state index < -0.39 is 18.5 Å². The van der Waals surface area contributed by atoms with Gasteiger partial charge in [0.15, 0.2) is 6.61 Å². The Bertz CT molecular complexity index is 1040. The van der Waals surface area contributed by atoms with Crippen molar-refractivity contribution in [1.82, 2.24) is 4.90 Å². The number of nitrogens with one attached hydrogen (secondary N) is 1. The lowest BCUT2D eigenvalue weighted by molar-refractivity contribution is -0.136. The first-order valence-corrected chi connectivity index (χ1v) is 9.19. The van der Waals surface area contributed by atoms with Crippen molar-refractivity contribution >= 4 is 34.2 Å². The Balaban J connectivity index is 1.50. The number of nitrogens with zero attached hydrogens (tertiary/aromatic N) is 1. The lowest BCUT2D eigenvalue weighted by Gasteiger charge is -2.17. The molecule has 0 radical (unpaired) electrons. The zero-order valence-electron chi connectivity index (χ0n) is 16.3. The average molecular weight is 390 g/mol. The predicted molar refractivity (Wildman–Crippen MR) is 112 cm³/mol. The number of benzene rings is 3. The number of esters is 1. The molecular formula is C23H22N2O4. The molecule has 1 N–H and O–H groups in total. The van der Waals surface area contributed by atoms with Gasteiger partial charge >= 0.3 is 5.97 Å². The highest BCUT2D eigenvalue weighted by Crippen LogP contribution is 2.16. The molecule has 0 bridgehead atoms. The number of ether oxygens (including phenoxy) is 1. The van der Waals surface area contributed by atoms with Gasteiger partial charge in [-0.2, -0.15) is 0 Å². The van der Waals surface area contributed by atoms with Crippen LogP contribution >= 0.6 is 0 Å². The van der Waals surface area contributed by atoms with Crippen molar-refractivity contribution in [3.8, 4) is 0 Å². The molecule has 3 aromatic carbocycles. The van der Waals surface area contributed by atoms with Crippen LogP contribution in [0.4, 0.5) is 5.69 Å². The molecule has 0 saturated heterocycles. The molecule has 148 valence electrons. The number of rotatable bonds is 6. The fourth-order valence-corrected chi connectivity index (χ4v) is 2.78. The number of carbonyl (C=O) groups excluding carboxylic acids is 3. The van der Waals surface area contributed by atoms with E-state index in [2.05, 4.69) is 5.32 Å². The van der Waals surface area contributed by atoms with Crippen LogP contribution in [0.3, 0.4) is 0 Å². The van der Waals surface area contributed by atoms with Crippen LogP contribution < -0.4 is 5.32 Å². The third-order valence-corrected chi connectivity index (χ3v) is 4.45. The van der Waals surface area contributed by atoms with Crippen molar-refractivity contribution in [3.63, 3.8) is 0 Å². The first kappa shape index (κ1) is 20.1. The van der Waals surface area contributed by atoms with Gasteiger partial charge in [-0.1, -0.05) is 48.0 Å². The summed E-state index contributed by atoms with van der Waals surface area (Å²) < 4.78 is 5.11. The molecule has 0 aliphatic carbocycles. The highest BCUT2D eigenvalue weighted by molar-refractivity contribution is 5.97. The van der Waals surface area contributed by atoms with Gasteiger partial charge in [0.05, 0.1) is 12.1 Å². The van der Waals surface area contributed by atoms with E-state index in [0.717, 1.165) is 16.3 Å². The Kier molecular flexibility index (Phi) is 6.24. The smallest absolute Gasteiger partial charge is 0.338 e. The van der Waals surface area contributed by atoms with Crippen LogP contribution in [0.15, 0.2) is 66.7 Å². The van der Waals surface area contributed by atoms with Crippen molar-refractivity contribution in [2.75, 3.05) is 25.5 Å². The monoisotopic (exact) mass is 390 g/mol. The average Bonchev–Trinajstić information content (AvgIpc) is 2.72. The number of amides is 2. The van der Waals surface area contributed by atoms with Gasteiger partial charge in [0.2, 0.25) is 5.91 Å². The molecule has 0 saturated carbocycles. The SMILES string of the molecule is Cc1ccc(NC(=O)CN(C)C(=O)COC(=O)c2ccc3ccccc3c2)cc1. The van der Waals surface area contributed by atoms with E-state index in [1.165, 1.54) is 11.9 Å². The van der Waals surface area contributed by atoms with Gasteiger partial charge in [-0.05, 0) is 42.0 Å². The van der Waals surface area contributed by atoms with E-state index in [1.54, 1.807) is 24.3 Å². The highest BCUT2D eigenvalue weighted by Gasteiger charge is 2.16. The first-order chi connectivity index (χ1) is 13.9. The van der Waals surface area contributed by atoms with E-state index in [1.807, 2.05) is 49.4 Å². The molecular weight excluding hydrogens is 368 g/mol. The van der Waals surface area contributed by atoms with Crippen LogP contribution in [-0.4, -0.2) is 42.9 Å². The van der Waals surface area contributed by atoms with Crippen LogP contribution in [0.2, 0.25) is 0 Å². The molecule has 6 heteroatoms. The van der Waals surface area contributed by atoms with E-state index in [9.17, 15) is 14.4 Å². The third-order valence-electron chi connectivity index (χ3n) is 4.45. The molecule has 0 aliphatic rings. The zero-order chi connectivity index (χ0) is 20.8. The summed E-state index contributed by atoms with van der Waals surface area (Å²) in [4.78, 5) is 37.7. The lowest BCUT2D eigenvalue weighted by Crippen LogP contribution is -2.37. The summed E-state index contributed by atoms with van der Waals surface area (Å²) in [6.07, 6.45) is 0. The van der Waals surface area contributed by atoms with Crippen LogP contribution in [0.1, 0.15) is 15.9 Å². The van der Waals surface area contributed by atoms with Crippen LogP contribution in [-0.2, 0) is 14.3 Å². The van der Waals surface area contributed by atoms with Crippen molar-refractivity contribution < 1.29 is 19.1 Å². The van der Waals surface area contributed by atoms with Crippen LogP contribution in [0.25, 0.3) is 10.8 Å². The van der Waals surface area contributed by atoms with Gasteiger partial charge in [-0.3, -0.25) is 9.59 Å². The Labute approximate surface area is 169 Å². The Morgan fingerprint density at radius 1 is 0.931 bits per heavy atom. The highest BCUT2D eigenvalue weighted by atomic mass is 16.5. The van der Waals surface area contributed by atoms with Crippen LogP contribution in [0.5, 0.6) is 0 Å². The minimum Gasteiger partial charge on any atom is -0.452 e. The van der Waals surface area contributed by atoms with Gasteiger partial charge in [0.25, 0.3) is 5.91 Å². The fraction of sp³-hybridized carbons (Fsp3) is 0.174.